The number of esters is 1. The first-order valence-electron chi connectivity index (χ1n) is 10.3. The van der Waals surface area contributed by atoms with Gasteiger partial charge in [0.1, 0.15) is 12.4 Å². The third kappa shape index (κ3) is 4.96. The van der Waals surface area contributed by atoms with Crippen LogP contribution in [0.1, 0.15) is 15.9 Å². The number of carbonyl (C=O) groups excluding carboxylic acids is 1. The van der Waals surface area contributed by atoms with E-state index in [1.807, 2.05) is 54.6 Å². The minimum absolute atomic E-state index is 0.00709. The summed E-state index contributed by atoms with van der Waals surface area (Å²) >= 11 is 0. The molecule has 6 heteroatoms. The molecule has 0 unspecified atom stereocenters. The van der Waals surface area contributed by atoms with Gasteiger partial charge in [-0.3, -0.25) is 0 Å². The number of sulfone groups is 1. The summed E-state index contributed by atoms with van der Waals surface area (Å²) in [4.78, 5) is 12.7. The van der Waals surface area contributed by atoms with Crippen molar-refractivity contribution in [1.82, 2.24) is 0 Å². The highest BCUT2D eigenvalue weighted by molar-refractivity contribution is 7.91. The van der Waals surface area contributed by atoms with Gasteiger partial charge >= 0.3 is 5.97 Å². The molecule has 0 amide bonds. The fourth-order valence-electron chi connectivity index (χ4n) is 3.41. The van der Waals surface area contributed by atoms with Gasteiger partial charge in [0, 0.05) is 0 Å². The van der Waals surface area contributed by atoms with Gasteiger partial charge in [-0.2, -0.15) is 0 Å². The van der Waals surface area contributed by atoms with Crippen LogP contribution in [0.15, 0.2) is 113 Å². The first-order chi connectivity index (χ1) is 16.0. The van der Waals surface area contributed by atoms with Crippen molar-refractivity contribution in [2.45, 2.75) is 16.4 Å². The Labute approximate surface area is 193 Å². The van der Waals surface area contributed by atoms with E-state index in [0.717, 1.165) is 22.4 Å². The minimum Gasteiger partial charge on any atom is -0.497 e. The molecule has 0 aliphatic rings. The Morgan fingerprint density at radius 2 is 1.30 bits per heavy atom. The molecule has 0 spiro atoms. The van der Waals surface area contributed by atoms with E-state index in [4.69, 9.17) is 9.47 Å². The lowest BCUT2D eigenvalue weighted by atomic mass is 10.1. The molecular formula is C27H22O5S. The maximum atomic E-state index is 13.3. The molecule has 0 fully saturated rings. The highest BCUT2D eigenvalue weighted by atomic mass is 32.2. The molecule has 0 heterocycles. The molecule has 4 aromatic rings. The van der Waals surface area contributed by atoms with Gasteiger partial charge in [-0.15, -0.1) is 0 Å². The minimum atomic E-state index is -3.93. The molecule has 33 heavy (non-hydrogen) atoms. The van der Waals surface area contributed by atoms with Crippen LogP contribution in [0.4, 0.5) is 0 Å². The fraction of sp³-hybridized carbons (Fsp3) is 0.0741. The van der Waals surface area contributed by atoms with Crippen LogP contribution in [-0.2, 0) is 21.2 Å². The maximum Gasteiger partial charge on any atom is 0.339 e. The van der Waals surface area contributed by atoms with Gasteiger partial charge in [-0.05, 0) is 53.1 Å². The van der Waals surface area contributed by atoms with Crippen LogP contribution >= 0.6 is 0 Å². The summed E-state index contributed by atoms with van der Waals surface area (Å²) in [6, 6.07) is 29.4. The van der Waals surface area contributed by atoms with Crippen LogP contribution in [0, 0.1) is 0 Å². The van der Waals surface area contributed by atoms with Crippen molar-refractivity contribution in [2.24, 2.45) is 0 Å². The van der Waals surface area contributed by atoms with Crippen molar-refractivity contribution in [3.63, 3.8) is 0 Å². The standard InChI is InChI=1S/C27H22O5S/c1-31-23-15-11-21(12-16-23)22-13-17-24(18-14-22)33(29,30)26-10-6-5-9-25(26)27(28)32-19-20-7-3-2-4-8-20/h2-18H,19H2,1H3. The van der Waals surface area contributed by atoms with Crippen LogP contribution in [-0.4, -0.2) is 21.5 Å². The number of rotatable bonds is 7. The predicted octanol–water partition coefficient (Wildman–Crippen LogP) is 5.55. The largest absolute Gasteiger partial charge is 0.497 e. The van der Waals surface area contributed by atoms with Crippen molar-refractivity contribution in [3.05, 3.63) is 114 Å². The van der Waals surface area contributed by atoms with Crippen LogP contribution in [0.25, 0.3) is 11.1 Å². The van der Waals surface area contributed by atoms with Crippen molar-refractivity contribution >= 4 is 15.8 Å². The second-order valence-electron chi connectivity index (χ2n) is 7.31. The summed E-state index contributed by atoms with van der Waals surface area (Å²) in [7, 11) is -2.33. The maximum absolute atomic E-state index is 13.3. The summed E-state index contributed by atoms with van der Waals surface area (Å²) in [5, 5.41) is 0. The molecule has 166 valence electrons. The Hall–Kier alpha value is -3.90. The van der Waals surface area contributed by atoms with Gasteiger partial charge in [-0.1, -0.05) is 66.7 Å². The van der Waals surface area contributed by atoms with E-state index in [0.29, 0.717) is 0 Å². The van der Waals surface area contributed by atoms with Crippen LogP contribution in [0.2, 0.25) is 0 Å². The number of methoxy groups -OCH3 is 1. The number of hydrogen-bond acceptors (Lipinski definition) is 5. The number of ether oxygens (including phenoxy) is 2. The monoisotopic (exact) mass is 458 g/mol. The highest BCUT2D eigenvalue weighted by Gasteiger charge is 2.25. The summed E-state index contributed by atoms with van der Waals surface area (Å²) < 4.78 is 37.2. The Balaban J connectivity index is 1.58. The van der Waals surface area contributed by atoms with Crippen molar-refractivity contribution in [1.29, 1.82) is 0 Å². The quantitative estimate of drug-likeness (QED) is 0.340. The van der Waals surface area contributed by atoms with E-state index < -0.39 is 15.8 Å². The van der Waals surface area contributed by atoms with E-state index in [2.05, 4.69) is 0 Å². The van der Waals surface area contributed by atoms with E-state index in [9.17, 15) is 13.2 Å². The number of hydrogen-bond donors (Lipinski definition) is 0. The third-order valence-corrected chi connectivity index (χ3v) is 7.03. The Morgan fingerprint density at radius 1 is 0.727 bits per heavy atom. The second-order valence-corrected chi connectivity index (χ2v) is 9.23. The van der Waals surface area contributed by atoms with Crippen LogP contribution in [0.3, 0.4) is 0 Å². The Morgan fingerprint density at radius 3 is 1.94 bits per heavy atom. The van der Waals surface area contributed by atoms with E-state index in [1.165, 1.54) is 12.1 Å². The van der Waals surface area contributed by atoms with Crippen molar-refractivity contribution < 1.29 is 22.7 Å². The smallest absolute Gasteiger partial charge is 0.339 e. The van der Waals surface area contributed by atoms with Crippen LogP contribution < -0.4 is 4.74 Å². The second kappa shape index (κ2) is 9.71. The first kappa shape index (κ1) is 22.3. The Bertz CT molecular complexity index is 1340. The zero-order chi connectivity index (χ0) is 23.3. The Kier molecular flexibility index (Phi) is 6.56. The van der Waals surface area contributed by atoms with Gasteiger partial charge in [0.25, 0.3) is 0 Å². The molecule has 0 atom stereocenters. The zero-order valence-electron chi connectivity index (χ0n) is 18.0. The molecule has 0 radical (unpaired) electrons. The molecule has 0 bridgehead atoms. The molecule has 0 aromatic heterocycles. The fourth-order valence-corrected chi connectivity index (χ4v) is 4.85. The molecule has 0 aliphatic heterocycles. The van der Waals surface area contributed by atoms with Gasteiger partial charge in [0.2, 0.25) is 9.84 Å². The SMILES string of the molecule is COc1ccc(-c2ccc(S(=O)(=O)c3ccccc3C(=O)OCc3ccccc3)cc2)cc1. The average molecular weight is 459 g/mol. The molecule has 4 rings (SSSR count). The van der Waals surface area contributed by atoms with E-state index in [1.54, 1.807) is 43.5 Å². The summed E-state index contributed by atoms with van der Waals surface area (Å²) in [6.07, 6.45) is 0. The van der Waals surface area contributed by atoms with Gasteiger partial charge in [0.15, 0.2) is 0 Å². The normalized spacial score (nSPS) is 11.1. The highest BCUT2D eigenvalue weighted by Crippen LogP contribution is 2.28. The lowest BCUT2D eigenvalue weighted by Crippen LogP contribution is -2.12. The topological polar surface area (TPSA) is 69.7 Å². The molecule has 0 saturated heterocycles. The molecule has 0 aliphatic carbocycles. The molecule has 5 nitrogen and oxygen atoms in total. The summed E-state index contributed by atoms with van der Waals surface area (Å²) in [6.45, 7) is 0.0601. The number of benzene rings is 4. The molecule has 0 saturated carbocycles. The molecular weight excluding hydrogens is 436 g/mol. The zero-order valence-corrected chi connectivity index (χ0v) is 18.8. The van der Waals surface area contributed by atoms with E-state index in [-0.39, 0.29) is 22.0 Å². The third-order valence-electron chi connectivity index (χ3n) is 5.20. The lowest BCUT2D eigenvalue weighted by molar-refractivity contribution is 0.0468. The lowest BCUT2D eigenvalue weighted by Gasteiger charge is -2.11. The predicted molar refractivity (Wildman–Crippen MR) is 126 cm³/mol. The van der Waals surface area contributed by atoms with Gasteiger partial charge in [-0.25, -0.2) is 13.2 Å². The molecule has 0 N–H and O–H groups in total. The van der Waals surface area contributed by atoms with E-state index >= 15 is 0 Å². The summed E-state index contributed by atoms with van der Waals surface area (Å²) in [5.74, 6) is 0.0570. The van der Waals surface area contributed by atoms with Crippen molar-refractivity contribution in [2.75, 3.05) is 7.11 Å². The average Bonchev–Trinajstić information content (AvgIpc) is 2.88. The first-order valence-corrected chi connectivity index (χ1v) is 11.8. The van der Waals surface area contributed by atoms with Crippen LogP contribution in [0.5, 0.6) is 5.75 Å². The number of carbonyl (C=O) groups is 1. The van der Waals surface area contributed by atoms with Gasteiger partial charge < -0.3 is 9.47 Å². The van der Waals surface area contributed by atoms with Crippen molar-refractivity contribution in [3.8, 4) is 16.9 Å². The van der Waals surface area contributed by atoms with Gasteiger partial charge in [0.05, 0.1) is 22.5 Å². The molecule has 4 aromatic carbocycles. The summed E-state index contributed by atoms with van der Waals surface area (Å²) in [5.41, 5.74) is 2.63.